The lowest BCUT2D eigenvalue weighted by Gasteiger charge is -2.35. The minimum absolute atomic E-state index is 0.129. The van der Waals surface area contributed by atoms with E-state index in [1.165, 1.54) is 24.9 Å². The van der Waals surface area contributed by atoms with Crippen molar-refractivity contribution >= 4 is 5.91 Å². The highest BCUT2D eigenvalue weighted by Crippen LogP contribution is 2.36. The molecule has 2 aliphatic rings. The third-order valence-corrected chi connectivity index (χ3v) is 5.91. The number of rotatable bonds is 6. The van der Waals surface area contributed by atoms with E-state index in [2.05, 4.69) is 0 Å². The molecule has 2 aliphatic heterocycles. The third-order valence-electron chi connectivity index (χ3n) is 5.91. The number of carbonyl (C=O) groups is 1. The molecule has 30 heavy (non-hydrogen) atoms. The minimum Gasteiger partial charge on any atom is -0.494 e. The fraction of sp³-hybridized carbons (Fsp3) is 0.545. The average Bonchev–Trinajstić information content (AvgIpc) is 3.15. The maximum absolute atomic E-state index is 14.2. The van der Waals surface area contributed by atoms with E-state index in [1.54, 1.807) is 13.2 Å². The van der Waals surface area contributed by atoms with E-state index in [1.807, 2.05) is 9.58 Å². The second-order valence-electron chi connectivity index (χ2n) is 7.69. The van der Waals surface area contributed by atoms with E-state index in [0.29, 0.717) is 38.5 Å². The molecule has 8 heteroatoms. The lowest BCUT2D eigenvalue weighted by molar-refractivity contribution is 0.0595. The zero-order chi connectivity index (χ0) is 21.1. The topological polar surface area (TPSA) is 65.8 Å². The van der Waals surface area contributed by atoms with Crippen LogP contribution < -0.4 is 4.74 Å². The molecule has 3 heterocycles. The number of methoxy groups -OCH3 is 2. The number of halogens is 1. The number of amides is 1. The van der Waals surface area contributed by atoms with Crippen LogP contribution in [0, 0.1) is 5.82 Å². The fourth-order valence-electron chi connectivity index (χ4n) is 4.39. The number of fused-ring (bicyclic) bond motifs is 1. The van der Waals surface area contributed by atoms with Crippen molar-refractivity contribution in [1.82, 2.24) is 14.7 Å². The van der Waals surface area contributed by atoms with Crippen molar-refractivity contribution in [3.05, 3.63) is 46.5 Å². The summed E-state index contributed by atoms with van der Waals surface area (Å²) in [5.74, 6) is -0.588. The predicted octanol–water partition coefficient (Wildman–Crippen LogP) is 3.12. The number of benzene rings is 1. The summed E-state index contributed by atoms with van der Waals surface area (Å²) < 4.78 is 32.1. The van der Waals surface area contributed by atoms with Gasteiger partial charge in [0, 0.05) is 36.9 Å². The van der Waals surface area contributed by atoms with Gasteiger partial charge in [-0.05, 0) is 37.5 Å². The molecule has 162 valence electrons. The summed E-state index contributed by atoms with van der Waals surface area (Å²) in [6.45, 7) is 3.05. The molecule has 1 atom stereocenters. The molecule has 7 nitrogen and oxygen atoms in total. The fourth-order valence-corrected chi connectivity index (χ4v) is 4.39. The first-order valence-electron chi connectivity index (χ1n) is 10.4. The van der Waals surface area contributed by atoms with Gasteiger partial charge >= 0.3 is 0 Å². The van der Waals surface area contributed by atoms with Crippen LogP contribution in [0.25, 0.3) is 0 Å². The second kappa shape index (κ2) is 9.14. The zero-order valence-corrected chi connectivity index (χ0v) is 17.5. The molecule has 0 spiro atoms. The Morgan fingerprint density at radius 3 is 2.97 bits per heavy atom. The van der Waals surface area contributed by atoms with E-state index in [9.17, 15) is 9.18 Å². The Kier molecular flexibility index (Phi) is 6.34. The minimum atomic E-state index is -0.536. The molecule has 1 unspecified atom stereocenters. The third kappa shape index (κ3) is 3.94. The molecule has 4 rings (SSSR count). The molecule has 1 amide bonds. The molecule has 2 aromatic rings. The first-order chi connectivity index (χ1) is 14.6. The van der Waals surface area contributed by atoms with Crippen LogP contribution in [0.3, 0.4) is 0 Å². The lowest BCUT2D eigenvalue weighted by atomic mass is 9.94. The number of piperidine rings is 1. The smallest absolute Gasteiger partial charge is 0.254 e. The van der Waals surface area contributed by atoms with Crippen LogP contribution in [0.2, 0.25) is 0 Å². The van der Waals surface area contributed by atoms with E-state index in [-0.39, 0.29) is 17.7 Å². The maximum atomic E-state index is 14.2. The molecular formula is C22H28FN3O4. The molecule has 0 N–H and O–H groups in total. The molecule has 1 saturated heterocycles. The SMILES string of the molecule is COCCn1nc(C2CCCCN2C(=O)c2ccc(OC)c(F)c2)c2c1CCOC2. The molecule has 0 bridgehead atoms. The quantitative estimate of drug-likeness (QED) is 0.723. The summed E-state index contributed by atoms with van der Waals surface area (Å²) >= 11 is 0. The number of hydrogen-bond acceptors (Lipinski definition) is 5. The van der Waals surface area contributed by atoms with Crippen LogP contribution >= 0.6 is 0 Å². The van der Waals surface area contributed by atoms with Crippen LogP contribution in [0.15, 0.2) is 18.2 Å². The van der Waals surface area contributed by atoms with Gasteiger partial charge in [-0.3, -0.25) is 9.48 Å². The van der Waals surface area contributed by atoms with Crippen LogP contribution in [-0.2, 0) is 29.0 Å². The lowest BCUT2D eigenvalue weighted by Crippen LogP contribution is -2.39. The van der Waals surface area contributed by atoms with Crippen molar-refractivity contribution in [2.75, 3.05) is 34.0 Å². The first-order valence-corrected chi connectivity index (χ1v) is 10.4. The van der Waals surface area contributed by atoms with Gasteiger partial charge in [-0.15, -0.1) is 0 Å². The number of nitrogens with zero attached hydrogens (tertiary/aromatic N) is 3. The molecule has 0 saturated carbocycles. The predicted molar refractivity (Wildman–Crippen MR) is 108 cm³/mol. The normalized spacial score (nSPS) is 18.9. The largest absolute Gasteiger partial charge is 0.494 e. The second-order valence-corrected chi connectivity index (χ2v) is 7.69. The van der Waals surface area contributed by atoms with Gasteiger partial charge in [0.1, 0.15) is 0 Å². The van der Waals surface area contributed by atoms with E-state index in [0.717, 1.165) is 36.9 Å². The summed E-state index contributed by atoms with van der Waals surface area (Å²) in [4.78, 5) is 15.2. The Bertz CT molecular complexity index is 914. The Balaban J connectivity index is 1.66. The zero-order valence-electron chi connectivity index (χ0n) is 17.5. The highest BCUT2D eigenvalue weighted by atomic mass is 19.1. The summed E-state index contributed by atoms with van der Waals surface area (Å²) in [7, 11) is 3.08. The Morgan fingerprint density at radius 2 is 2.20 bits per heavy atom. The van der Waals surface area contributed by atoms with E-state index >= 15 is 0 Å². The van der Waals surface area contributed by atoms with Crippen LogP contribution in [0.4, 0.5) is 4.39 Å². The van der Waals surface area contributed by atoms with Gasteiger partial charge < -0.3 is 19.1 Å². The van der Waals surface area contributed by atoms with Crippen LogP contribution in [0.1, 0.15) is 52.6 Å². The van der Waals surface area contributed by atoms with Gasteiger partial charge in [-0.25, -0.2) is 4.39 Å². The van der Waals surface area contributed by atoms with Gasteiger partial charge in [0.25, 0.3) is 5.91 Å². The van der Waals surface area contributed by atoms with Gasteiger partial charge in [0.15, 0.2) is 11.6 Å². The van der Waals surface area contributed by atoms with Crippen molar-refractivity contribution in [3.63, 3.8) is 0 Å². The van der Waals surface area contributed by atoms with Gasteiger partial charge in [-0.1, -0.05) is 0 Å². The number of likely N-dealkylation sites (tertiary alicyclic amines) is 1. The highest BCUT2D eigenvalue weighted by molar-refractivity contribution is 5.94. The van der Waals surface area contributed by atoms with Crippen LogP contribution in [0.5, 0.6) is 5.75 Å². The number of hydrogen-bond donors (Lipinski definition) is 0. The van der Waals surface area contributed by atoms with Gasteiger partial charge in [-0.2, -0.15) is 5.10 Å². The number of carbonyl (C=O) groups excluding carboxylic acids is 1. The van der Waals surface area contributed by atoms with Crippen molar-refractivity contribution in [2.45, 2.75) is 44.9 Å². The van der Waals surface area contributed by atoms with Crippen molar-refractivity contribution in [3.8, 4) is 5.75 Å². The summed E-state index contributed by atoms with van der Waals surface area (Å²) in [6, 6.07) is 4.22. The number of aromatic nitrogens is 2. The highest BCUT2D eigenvalue weighted by Gasteiger charge is 2.34. The molecule has 1 aromatic carbocycles. The summed E-state index contributed by atoms with van der Waals surface area (Å²) in [6.07, 6.45) is 3.57. The Labute approximate surface area is 175 Å². The monoisotopic (exact) mass is 417 g/mol. The van der Waals surface area contributed by atoms with Crippen molar-refractivity contribution < 1.29 is 23.4 Å². The van der Waals surface area contributed by atoms with Crippen molar-refractivity contribution in [2.24, 2.45) is 0 Å². The molecule has 1 fully saturated rings. The Morgan fingerprint density at radius 1 is 1.33 bits per heavy atom. The molecular weight excluding hydrogens is 389 g/mol. The van der Waals surface area contributed by atoms with Gasteiger partial charge in [0.05, 0.1) is 45.2 Å². The maximum Gasteiger partial charge on any atom is 0.254 e. The van der Waals surface area contributed by atoms with Gasteiger partial charge in [0.2, 0.25) is 0 Å². The van der Waals surface area contributed by atoms with Crippen LogP contribution in [-0.4, -0.2) is 54.6 Å². The molecule has 1 aromatic heterocycles. The van der Waals surface area contributed by atoms with E-state index in [4.69, 9.17) is 19.3 Å². The molecule has 0 radical (unpaired) electrons. The molecule has 0 aliphatic carbocycles. The van der Waals surface area contributed by atoms with Crippen molar-refractivity contribution in [1.29, 1.82) is 0 Å². The Hall–Kier alpha value is -2.45. The average molecular weight is 417 g/mol. The number of ether oxygens (including phenoxy) is 3. The van der Waals surface area contributed by atoms with E-state index < -0.39 is 5.82 Å². The summed E-state index contributed by atoms with van der Waals surface area (Å²) in [5.41, 5.74) is 3.48. The standard InChI is InChI=1S/C22H28FN3O4/c1-28-12-10-26-18-8-11-30-14-16(18)21(24-26)19-5-3-4-9-25(19)22(27)15-6-7-20(29-2)17(23)13-15/h6-7,13,19H,3-5,8-12,14H2,1-2H3. The summed E-state index contributed by atoms with van der Waals surface area (Å²) in [5, 5.41) is 4.89. The first kappa shape index (κ1) is 20.8.